The molecule has 0 heterocycles. The molecule has 2 amide bonds. The molecule has 5 nitrogen and oxygen atoms in total. The minimum absolute atomic E-state index is 0.141. The van der Waals surface area contributed by atoms with E-state index in [4.69, 9.17) is 5.73 Å². The number of rotatable bonds is 5. The number of hydrogen-bond donors (Lipinski definition) is 3. The van der Waals surface area contributed by atoms with Crippen molar-refractivity contribution in [1.29, 1.82) is 0 Å². The molecule has 0 spiro atoms. The van der Waals surface area contributed by atoms with E-state index in [2.05, 4.69) is 5.32 Å². The molecule has 1 atom stereocenters. The highest BCUT2D eigenvalue weighted by molar-refractivity contribution is 5.97. The van der Waals surface area contributed by atoms with E-state index in [0.29, 0.717) is 5.56 Å². The first-order valence-electron chi connectivity index (χ1n) is 6.49. The van der Waals surface area contributed by atoms with Crippen molar-refractivity contribution in [1.82, 2.24) is 5.32 Å². The minimum Gasteiger partial charge on any atom is -0.508 e. The number of benzene rings is 2. The topological polar surface area (TPSA) is 92.4 Å². The monoisotopic (exact) mass is 284 g/mol. The van der Waals surface area contributed by atoms with E-state index in [9.17, 15) is 14.7 Å². The maximum absolute atomic E-state index is 12.0. The Labute approximate surface area is 122 Å². The molecule has 0 saturated heterocycles. The highest BCUT2D eigenvalue weighted by Gasteiger charge is 2.19. The van der Waals surface area contributed by atoms with Crippen molar-refractivity contribution in [3.05, 3.63) is 65.7 Å². The van der Waals surface area contributed by atoms with Gasteiger partial charge in [0.1, 0.15) is 11.8 Å². The Morgan fingerprint density at radius 2 is 1.67 bits per heavy atom. The summed E-state index contributed by atoms with van der Waals surface area (Å²) in [5.74, 6) is -0.812. The number of aromatic hydroxyl groups is 1. The zero-order valence-electron chi connectivity index (χ0n) is 11.3. The van der Waals surface area contributed by atoms with Crippen molar-refractivity contribution in [3.8, 4) is 5.75 Å². The van der Waals surface area contributed by atoms with Crippen LogP contribution in [-0.4, -0.2) is 23.0 Å². The van der Waals surface area contributed by atoms with Crippen LogP contribution in [0.1, 0.15) is 15.9 Å². The van der Waals surface area contributed by atoms with Gasteiger partial charge in [-0.1, -0.05) is 30.3 Å². The summed E-state index contributed by atoms with van der Waals surface area (Å²) in [4.78, 5) is 23.5. The third-order valence-electron chi connectivity index (χ3n) is 3.06. The zero-order chi connectivity index (χ0) is 15.2. The van der Waals surface area contributed by atoms with Crippen molar-refractivity contribution < 1.29 is 14.7 Å². The summed E-state index contributed by atoms with van der Waals surface area (Å²) in [6, 6.07) is 14.2. The van der Waals surface area contributed by atoms with Gasteiger partial charge in [0.05, 0.1) is 0 Å². The number of primary amides is 1. The Kier molecular flexibility index (Phi) is 4.56. The van der Waals surface area contributed by atoms with Crippen LogP contribution in [0.4, 0.5) is 0 Å². The molecule has 0 aliphatic carbocycles. The summed E-state index contributed by atoms with van der Waals surface area (Å²) in [5.41, 5.74) is 6.60. The normalized spacial score (nSPS) is 11.6. The van der Waals surface area contributed by atoms with Crippen LogP contribution in [0.15, 0.2) is 54.6 Å². The first kappa shape index (κ1) is 14.6. The number of phenolic OH excluding ortho intramolecular Hbond substituents is 1. The molecule has 0 aliphatic rings. The summed E-state index contributed by atoms with van der Waals surface area (Å²) in [7, 11) is 0. The molecular formula is C16H16N2O3. The maximum atomic E-state index is 12.0. The molecule has 0 aliphatic heterocycles. The molecule has 2 rings (SSSR count). The molecule has 0 aromatic heterocycles. The second-order valence-corrected chi connectivity index (χ2v) is 4.67. The highest BCUT2D eigenvalue weighted by Crippen LogP contribution is 2.11. The fourth-order valence-corrected chi connectivity index (χ4v) is 1.92. The van der Waals surface area contributed by atoms with Gasteiger partial charge in [-0.25, -0.2) is 0 Å². The minimum atomic E-state index is -0.803. The van der Waals surface area contributed by atoms with Crippen LogP contribution in [0, 0.1) is 0 Å². The van der Waals surface area contributed by atoms with Gasteiger partial charge < -0.3 is 16.2 Å². The maximum Gasteiger partial charge on any atom is 0.251 e. The fourth-order valence-electron chi connectivity index (χ4n) is 1.92. The third kappa shape index (κ3) is 4.07. The van der Waals surface area contributed by atoms with Gasteiger partial charge in [-0.2, -0.15) is 0 Å². The smallest absolute Gasteiger partial charge is 0.251 e. The lowest BCUT2D eigenvalue weighted by Gasteiger charge is -2.15. The molecule has 5 heteroatoms. The van der Waals surface area contributed by atoms with Crippen LogP contribution in [0.25, 0.3) is 0 Å². The number of phenols is 1. The summed E-state index contributed by atoms with van der Waals surface area (Å²) in [6.07, 6.45) is 0.272. The predicted molar refractivity (Wildman–Crippen MR) is 78.7 cm³/mol. The second kappa shape index (κ2) is 6.56. The van der Waals surface area contributed by atoms with Gasteiger partial charge in [0, 0.05) is 12.0 Å². The quantitative estimate of drug-likeness (QED) is 0.770. The summed E-state index contributed by atoms with van der Waals surface area (Å²) >= 11 is 0. The van der Waals surface area contributed by atoms with Crippen LogP contribution in [0.5, 0.6) is 5.75 Å². The molecule has 4 N–H and O–H groups in total. The number of nitrogens with two attached hydrogens (primary N) is 1. The van der Waals surface area contributed by atoms with Gasteiger partial charge in [-0.15, -0.1) is 0 Å². The van der Waals surface area contributed by atoms with Crippen LogP contribution >= 0.6 is 0 Å². The lowest BCUT2D eigenvalue weighted by atomic mass is 10.0. The van der Waals surface area contributed by atoms with E-state index >= 15 is 0 Å². The number of amides is 2. The molecule has 2 aromatic rings. The van der Waals surface area contributed by atoms with Gasteiger partial charge in [0.2, 0.25) is 5.91 Å². The molecule has 21 heavy (non-hydrogen) atoms. The molecule has 0 fully saturated rings. The summed E-state index contributed by atoms with van der Waals surface area (Å²) in [5, 5.41) is 11.9. The number of nitrogens with one attached hydrogen (secondary N) is 1. The molecule has 0 saturated carbocycles. The third-order valence-corrected chi connectivity index (χ3v) is 3.06. The van der Waals surface area contributed by atoms with Crippen LogP contribution in [0.3, 0.4) is 0 Å². The summed E-state index contributed by atoms with van der Waals surface area (Å²) in [6.45, 7) is 0. The van der Waals surface area contributed by atoms with Gasteiger partial charge in [-0.3, -0.25) is 9.59 Å². The van der Waals surface area contributed by atoms with Crippen LogP contribution in [0.2, 0.25) is 0 Å². The standard InChI is InChI=1S/C16H16N2O3/c17-15(20)14(10-11-6-8-13(19)9-7-11)18-16(21)12-4-2-1-3-5-12/h1-9,14,19H,10H2,(H2,17,20)(H,18,21)/t14-/m0/s1. The van der Waals surface area contributed by atoms with E-state index in [0.717, 1.165) is 5.56 Å². The zero-order valence-corrected chi connectivity index (χ0v) is 11.3. The van der Waals surface area contributed by atoms with Crippen molar-refractivity contribution in [3.63, 3.8) is 0 Å². The molecule has 0 unspecified atom stereocenters. The van der Waals surface area contributed by atoms with Crippen molar-refractivity contribution in [2.45, 2.75) is 12.5 Å². The van der Waals surface area contributed by atoms with E-state index in [-0.39, 0.29) is 18.1 Å². The Balaban J connectivity index is 2.07. The molecule has 2 aromatic carbocycles. The Morgan fingerprint density at radius 3 is 2.24 bits per heavy atom. The van der Waals surface area contributed by atoms with E-state index < -0.39 is 11.9 Å². The molecule has 108 valence electrons. The average Bonchev–Trinajstić information content (AvgIpc) is 2.49. The van der Waals surface area contributed by atoms with Gasteiger partial charge in [0.25, 0.3) is 5.91 Å². The van der Waals surface area contributed by atoms with Crippen LogP contribution in [-0.2, 0) is 11.2 Å². The predicted octanol–water partition coefficient (Wildman–Crippen LogP) is 1.22. The SMILES string of the molecule is NC(=O)[C@H](Cc1ccc(O)cc1)NC(=O)c1ccccc1. The van der Waals surface area contributed by atoms with E-state index in [1.165, 1.54) is 12.1 Å². The Hall–Kier alpha value is -2.82. The Bertz CT molecular complexity index is 624. The van der Waals surface area contributed by atoms with Gasteiger partial charge in [0.15, 0.2) is 0 Å². The van der Waals surface area contributed by atoms with Gasteiger partial charge in [-0.05, 0) is 29.8 Å². The molecule has 0 radical (unpaired) electrons. The van der Waals surface area contributed by atoms with Crippen molar-refractivity contribution >= 4 is 11.8 Å². The van der Waals surface area contributed by atoms with Crippen molar-refractivity contribution in [2.75, 3.05) is 0 Å². The number of hydrogen-bond acceptors (Lipinski definition) is 3. The first-order chi connectivity index (χ1) is 10.1. The lowest BCUT2D eigenvalue weighted by molar-refractivity contribution is -0.119. The molecule has 0 bridgehead atoms. The molecular weight excluding hydrogens is 268 g/mol. The Morgan fingerprint density at radius 1 is 1.05 bits per heavy atom. The number of carbonyl (C=O) groups is 2. The van der Waals surface area contributed by atoms with E-state index in [1.54, 1.807) is 42.5 Å². The lowest BCUT2D eigenvalue weighted by Crippen LogP contribution is -2.45. The average molecular weight is 284 g/mol. The fraction of sp³-hybridized carbons (Fsp3) is 0.125. The first-order valence-corrected chi connectivity index (χ1v) is 6.49. The van der Waals surface area contributed by atoms with Crippen molar-refractivity contribution in [2.24, 2.45) is 5.73 Å². The number of carbonyl (C=O) groups excluding carboxylic acids is 2. The highest BCUT2D eigenvalue weighted by atomic mass is 16.3. The van der Waals surface area contributed by atoms with Gasteiger partial charge >= 0.3 is 0 Å². The second-order valence-electron chi connectivity index (χ2n) is 4.67. The summed E-state index contributed by atoms with van der Waals surface area (Å²) < 4.78 is 0. The van der Waals surface area contributed by atoms with Crippen LogP contribution < -0.4 is 11.1 Å². The largest absolute Gasteiger partial charge is 0.508 e. The van der Waals surface area contributed by atoms with E-state index in [1.807, 2.05) is 0 Å².